The van der Waals surface area contributed by atoms with Crippen molar-refractivity contribution in [2.24, 2.45) is 0 Å². The van der Waals surface area contributed by atoms with Gasteiger partial charge in [0.2, 0.25) is 0 Å². The first kappa shape index (κ1) is 12.3. The van der Waals surface area contributed by atoms with Gasteiger partial charge in [-0.15, -0.1) is 0 Å². The zero-order valence-electron chi connectivity index (χ0n) is 9.73. The molecule has 0 spiro atoms. The van der Waals surface area contributed by atoms with Gasteiger partial charge in [-0.1, -0.05) is 32.1 Å². The smallest absolute Gasteiger partial charge is 0.339 e. The molecule has 3 nitrogen and oxygen atoms in total. The average Bonchev–Trinajstić information content (AvgIpc) is 2.25. The monoisotopic (exact) mass is 220 g/mol. The van der Waals surface area contributed by atoms with Crippen molar-refractivity contribution in [1.29, 1.82) is 0 Å². The molecule has 1 aromatic rings. The molecule has 0 fully saturated rings. The average molecular weight is 220 g/mol. The van der Waals surface area contributed by atoms with Crippen LogP contribution in [0.25, 0.3) is 0 Å². The van der Waals surface area contributed by atoms with Crippen molar-refractivity contribution in [3.8, 4) is 5.75 Å². The van der Waals surface area contributed by atoms with Crippen molar-refractivity contribution in [2.75, 3.05) is 0 Å². The van der Waals surface area contributed by atoms with Crippen molar-refractivity contribution < 1.29 is 14.6 Å². The van der Waals surface area contributed by atoms with Crippen LogP contribution in [0.15, 0.2) is 30.5 Å². The van der Waals surface area contributed by atoms with Crippen molar-refractivity contribution in [3.63, 3.8) is 0 Å². The van der Waals surface area contributed by atoms with Crippen LogP contribution >= 0.6 is 0 Å². The maximum absolute atomic E-state index is 11.2. The Hall–Kier alpha value is -1.77. The van der Waals surface area contributed by atoms with Gasteiger partial charge in [0.15, 0.2) is 0 Å². The minimum absolute atomic E-state index is 0.153. The van der Waals surface area contributed by atoms with Gasteiger partial charge in [-0.05, 0) is 24.5 Å². The first-order valence-corrected chi connectivity index (χ1v) is 5.22. The van der Waals surface area contributed by atoms with E-state index in [1.807, 2.05) is 26.8 Å². The minimum Gasteiger partial charge on any atom is -0.478 e. The van der Waals surface area contributed by atoms with Gasteiger partial charge in [0.25, 0.3) is 0 Å². The third-order valence-electron chi connectivity index (χ3n) is 2.23. The van der Waals surface area contributed by atoms with Crippen LogP contribution < -0.4 is 4.74 Å². The number of rotatable bonds is 4. The fourth-order valence-corrected chi connectivity index (χ4v) is 1.50. The molecule has 1 aromatic carbocycles. The molecule has 1 rings (SSSR count). The number of hydrogen-bond acceptors (Lipinski definition) is 2. The summed E-state index contributed by atoms with van der Waals surface area (Å²) in [6, 6.07) is 5.28. The normalized spacial score (nSPS) is 11.0. The Morgan fingerprint density at radius 3 is 2.62 bits per heavy atom. The van der Waals surface area contributed by atoms with Gasteiger partial charge in [-0.2, -0.15) is 0 Å². The molecule has 0 bridgehead atoms. The molecule has 1 N–H and O–H groups in total. The van der Waals surface area contributed by atoms with Crippen molar-refractivity contribution in [2.45, 2.75) is 26.7 Å². The molecule has 0 atom stereocenters. The van der Waals surface area contributed by atoms with Gasteiger partial charge in [0.05, 0.1) is 6.26 Å². The second-order valence-electron chi connectivity index (χ2n) is 3.77. The molecular formula is C13H16O3. The van der Waals surface area contributed by atoms with E-state index in [0.29, 0.717) is 5.75 Å². The van der Waals surface area contributed by atoms with Crippen LogP contribution in [0.2, 0.25) is 0 Å². The summed E-state index contributed by atoms with van der Waals surface area (Å²) < 4.78 is 5.28. The standard InChI is InChI=1S/C13H16O3/c1-4-8-16-11-7-5-6-10(9(2)3)12(11)13(14)15/h4-9H,1-3H3,(H,14,15)/b8-4-. The number of hydrogen-bond donors (Lipinski definition) is 1. The lowest BCUT2D eigenvalue weighted by Crippen LogP contribution is -2.06. The maximum atomic E-state index is 11.2. The second kappa shape index (κ2) is 5.35. The van der Waals surface area contributed by atoms with Crippen LogP contribution in [0.5, 0.6) is 5.75 Å². The number of allylic oxidation sites excluding steroid dienone is 1. The summed E-state index contributed by atoms with van der Waals surface area (Å²) in [5, 5.41) is 9.19. The Bertz CT molecular complexity index is 406. The Labute approximate surface area is 95.4 Å². The molecule has 0 aromatic heterocycles. The third-order valence-corrected chi connectivity index (χ3v) is 2.23. The minimum atomic E-state index is -0.955. The van der Waals surface area contributed by atoms with Crippen LogP contribution in [0.4, 0.5) is 0 Å². The Morgan fingerprint density at radius 1 is 1.44 bits per heavy atom. The van der Waals surface area contributed by atoms with Crippen LogP contribution in [-0.2, 0) is 0 Å². The summed E-state index contributed by atoms with van der Waals surface area (Å²) in [5.41, 5.74) is 1.03. The van der Waals surface area contributed by atoms with Crippen LogP contribution in [0, 0.1) is 0 Å². The number of carboxylic acid groups (broad SMARTS) is 1. The summed E-state index contributed by atoms with van der Waals surface area (Å²) in [4.78, 5) is 11.2. The third kappa shape index (κ3) is 2.63. The topological polar surface area (TPSA) is 46.5 Å². The summed E-state index contributed by atoms with van der Waals surface area (Å²) in [5.74, 6) is -0.416. The van der Waals surface area contributed by atoms with Crippen molar-refractivity contribution in [1.82, 2.24) is 0 Å². The highest BCUT2D eigenvalue weighted by Crippen LogP contribution is 2.28. The van der Waals surface area contributed by atoms with Gasteiger partial charge in [-0.3, -0.25) is 0 Å². The molecule has 0 saturated carbocycles. The van der Waals surface area contributed by atoms with Crippen molar-refractivity contribution in [3.05, 3.63) is 41.7 Å². The zero-order valence-corrected chi connectivity index (χ0v) is 9.73. The van der Waals surface area contributed by atoms with E-state index in [4.69, 9.17) is 4.74 Å². The van der Waals surface area contributed by atoms with Gasteiger partial charge < -0.3 is 9.84 Å². The zero-order chi connectivity index (χ0) is 12.1. The summed E-state index contributed by atoms with van der Waals surface area (Å²) in [6.45, 7) is 5.73. The summed E-state index contributed by atoms with van der Waals surface area (Å²) in [7, 11) is 0. The molecule has 3 heteroatoms. The molecule has 0 saturated heterocycles. The fourth-order valence-electron chi connectivity index (χ4n) is 1.50. The Morgan fingerprint density at radius 2 is 2.12 bits per heavy atom. The van der Waals surface area contributed by atoms with Gasteiger partial charge in [0.1, 0.15) is 11.3 Å². The molecule has 0 radical (unpaired) electrons. The molecular weight excluding hydrogens is 204 g/mol. The summed E-state index contributed by atoms with van der Waals surface area (Å²) in [6.07, 6.45) is 3.19. The molecule has 0 unspecified atom stereocenters. The van der Waals surface area contributed by atoms with E-state index < -0.39 is 5.97 Å². The number of carboxylic acids is 1. The van der Waals surface area contributed by atoms with E-state index in [-0.39, 0.29) is 11.5 Å². The molecule has 0 aliphatic rings. The first-order valence-electron chi connectivity index (χ1n) is 5.22. The Kier molecular flexibility index (Phi) is 4.11. The number of ether oxygens (including phenoxy) is 1. The van der Waals surface area contributed by atoms with Gasteiger partial charge in [-0.25, -0.2) is 4.79 Å². The molecule has 86 valence electrons. The van der Waals surface area contributed by atoms with Crippen LogP contribution in [0.1, 0.15) is 42.6 Å². The van der Waals surface area contributed by atoms with Crippen LogP contribution in [0.3, 0.4) is 0 Å². The van der Waals surface area contributed by atoms with E-state index in [1.165, 1.54) is 6.26 Å². The van der Waals surface area contributed by atoms with E-state index >= 15 is 0 Å². The highest BCUT2D eigenvalue weighted by molar-refractivity contribution is 5.93. The molecule has 0 aliphatic carbocycles. The molecule has 16 heavy (non-hydrogen) atoms. The Balaban J connectivity index is 3.26. The predicted molar refractivity (Wildman–Crippen MR) is 62.9 cm³/mol. The second-order valence-corrected chi connectivity index (χ2v) is 3.77. The van der Waals surface area contributed by atoms with Gasteiger partial charge >= 0.3 is 5.97 Å². The lowest BCUT2D eigenvalue weighted by atomic mass is 9.96. The highest BCUT2D eigenvalue weighted by Gasteiger charge is 2.17. The van der Waals surface area contributed by atoms with E-state index in [0.717, 1.165) is 5.56 Å². The van der Waals surface area contributed by atoms with Crippen molar-refractivity contribution >= 4 is 5.97 Å². The van der Waals surface area contributed by atoms with E-state index in [1.54, 1.807) is 18.2 Å². The molecule has 0 heterocycles. The highest BCUT2D eigenvalue weighted by atomic mass is 16.5. The van der Waals surface area contributed by atoms with E-state index in [9.17, 15) is 9.90 Å². The predicted octanol–water partition coefficient (Wildman–Crippen LogP) is 3.42. The lowest BCUT2D eigenvalue weighted by molar-refractivity contribution is 0.0692. The number of carbonyl (C=O) groups is 1. The van der Waals surface area contributed by atoms with Gasteiger partial charge in [0, 0.05) is 0 Å². The quantitative estimate of drug-likeness (QED) is 0.791. The largest absolute Gasteiger partial charge is 0.478 e. The molecule has 0 amide bonds. The fraction of sp³-hybridized carbons (Fsp3) is 0.308. The number of benzene rings is 1. The first-order chi connectivity index (χ1) is 7.57. The van der Waals surface area contributed by atoms with Crippen LogP contribution in [-0.4, -0.2) is 11.1 Å². The maximum Gasteiger partial charge on any atom is 0.339 e. The lowest BCUT2D eigenvalue weighted by Gasteiger charge is -2.12. The number of aromatic carboxylic acids is 1. The summed E-state index contributed by atoms with van der Waals surface area (Å²) >= 11 is 0. The SMILES string of the molecule is C/C=C\Oc1cccc(C(C)C)c1C(=O)O. The molecule has 0 aliphatic heterocycles. The van der Waals surface area contributed by atoms with E-state index in [2.05, 4.69) is 0 Å².